The van der Waals surface area contributed by atoms with Crippen molar-refractivity contribution in [1.29, 1.82) is 0 Å². The van der Waals surface area contributed by atoms with Gasteiger partial charge in [0, 0.05) is 0 Å². The summed E-state index contributed by atoms with van der Waals surface area (Å²) in [5.74, 6) is 0. The summed E-state index contributed by atoms with van der Waals surface area (Å²) in [4.78, 5) is 7.72. The molecule has 3 nitrogen and oxygen atoms in total. The first kappa shape index (κ1) is 17.0. The van der Waals surface area contributed by atoms with Crippen molar-refractivity contribution < 1.29 is 5.11 Å². The van der Waals surface area contributed by atoms with Crippen molar-refractivity contribution in [3.05, 3.63) is 58.7 Å². The highest BCUT2D eigenvalue weighted by molar-refractivity contribution is 7.78. The molecule has 0 aromatic heterocycles. The fourth-order valence-electron chi connectivity index (χ4n) is 2.17. The maximum Gasteiger partial charge on any atom is 0.0742 e. The molecule has 2 aromatic carbocycles. The first-order chi connectivity index (χ1) is 11.0. The molecule has 0 radical (unpaired) electrons. The second kappa shape index (κ2) is 7.79. The third-order valence-corrected chi connectivity index (χ3v) is 3.53. The number of aliphatic imine (C=N–C) groups is 2. The van der Waals surface area contributed by atoms with Crippen molar-refractivity contribution in [1.82, 2.24) is 0 Å². The van der Waals surface area contributed by atoms with Gasteiger partial charge in [0.2, 0.25) is 0 Å². The lowest BCUT2D eigenvalue weighted by Crippen LogP contribution is -2.12. The lowest BCUT2D eigenvalue weighted by atomic mass is 10.0. The highest BCUT2D eigenvalue weighted by Crippen LogP contribution is 2.22. The molecule has 2 rings (SSSR count). The van der Waals surface area contributed by atoms with E-state index in [4.69, 9.17) is 0 Å². The van der Waals surface area contributed by atoms with Gasteiger partial charge >= 0.3 is 0 Å². The molecule has 0 spiro atoms. The third-order valence-electron chi connectivity index (χ3n) is 3.34. The first-order valence-electron chi connectivity index (χ1n) is 6.89. The zero-order chi connectivity index (χ0) is 16.8. The minimum atomic E-state index is -0.609. The summed E-state index contributed by atoms with van der Waals surface area (Å²) in [5, 5.41) is 12.6. The van der Waals surface area contributed by atoms with Crippen LogP contribution in [0.5, 0.6) is 0 Å². The summed E-state index contributed by atoms with van der Waals surface area (Å²) < 4.78 is 0. The zero-order valence-electron chi connectivity index (χ0n) is 12.7. The molecule has 0 saturated carbocycles. The van der Waals surface area contributed by atoms with Crippen LogP contribution in [0.25, 0.3) is 12.2 Å². The van der Waals surface area contributed by atoms with Gasteiger partial charge in [-0.1, -0.05) is 24.3 Å². The molecule has 0 heterocycles. The molecular formula is C18H14N2OS2-2. The average molecular weight is 338 g/mol. The van der Waals surface area contributed by atoms with E-state index in [-0.39, 0.29) is 0 Å². The molecule has 0 N–H and O–H groups in total. The van der Waals surface area contributed by atoms with Crippen LogP contribution in [0.15, 0.2) is 46.4 Å². The Morgan fingerprint density at radius 3 is 2.04 bits per heavy atom. The Hall–Kier alpha value is -2.33. The summed E-state index contributed by atoms with van der Waals surface area (Å²) in [7, 11) is 0. The lowest BCUT2D eigenvalue weighted by Gasteiger charge is -2.15. The van der Waals surface area contributed by atoms with E-state index in [1.165, 1.54) is 0 Å². The Bertz CT molecular complexity index is 831. The fourth-order valence-corrected chi connectivity index (χ4v) is 2.38. The number of hydrogen-bond donors (Lipinski definition) is 0. The monoisotopic (exact) mass is 338 g/mol. The van der Waals surface area contributed by atoms with Gasteiger partial charge < -0.3 is 17.7 Å². The molecule has 0 aliphatic rings. The summed E-state index contributed by atoms with van der Waals surface area (Å²) in [6, 6.07) is 11.4. The van der Waals surface area contributed by atoms with Gasteiger partial charge in [-0.2, -0.15) is 10.2 Å². The molecule has 0 aliphatic carbocycles. The van der Waals surface area contributed by atoms with Crippen molar-refractivity contribution in [3.8, 4) is 0 Å². The number of aryl methyl sites for hydroxylation is 2. The lowest BCUT2D eigenvalue weighted by molar-refractivity contribution is -0.205. The molecule has 2 aromatic rings. The summed E-state index contributed by atoms with van der Waals surface area (Å²) >= 11 is 9.07. The maximum absolute atomic E-state index is 10.8. The first-order valence-corrected chi connectivity index (χ1v) is 7.71. The minimum Gasteiger partial charge on any atom is -0.879 e. The van der Waals surface area contributed by atoms with Gasteiger partial charge in [-0.3, -0.25) is 4.99 Å². The molecule has 5 heteroatoms. The number of isothiocyanates is 1. The SMILES string of the molecule is Cc1cc(N=C=S)ccc1/C=C/c1ccc(N=C([O-])[S-])cc1C. The van der Waals surface area contributed by atoms with Crippen LogP contribution >= 0.6 is 12.2 Å². The van der Waals surface area contributed by atoms with Crippen molar-refractivity contribution in [2.24, 2.45) is 9.98 Å². The van der Waals surface area contributed by atoms with E-state index in [2.05, 4.69) is 40.0 Å². The summed E-state index contributed by atoms with van der Waals surface area (Å²) in [5.41, 5.74) is 5.67. The molecule has 0 unspecified atom stereocenters. The Morgan fingerprint density at radius 1 is 1.04 bits per heavy atom. The molecular weight excluding hydrogens is 324 g/mol. The summed E-state index contributed by atoms with van der Waals surface area (Å²) in [6.45, 7) is 3.99. The van der Waals surface area contributed by atoms with E-state index in [0.717, 1.165) is 27.9 Å². The Balaban J connectivity index is 2.26. The largest absolute Gasteiger partial charge is 0.879 e. The molecule has 0 bridgehead atoms. The van der Waals surface area contributed by atoms with Crippen LogP contribution in [-0.4, -0.2) is 10.4 Å². The predicted molar refractivity (Wildman–Crippen MR) is 100 cm³/mol. The van der Waals surface area contributed by atoms with Crippen LogP contribution < -0.4 is 5.11 Å². The van der Waals surface area contributed by atoms with Crippen molar-refractivity contribution in [2.75, 3.05) is 0 Å². The molecule has 116 valence electrons. The smallest absolute Gasteiger partial charge is 0.0742 e. The Labute approximate surface area is 146 Å². The van der Waals surface area contributed by atoms with Crippen LogP contribution in [-0.2, 0) is 12.6 Å². The van der Waals surface area contributed by atoms with Crippen molar-refractivity contribution in [3.63, 3.8) is 0 Å². The zero-order valence-corrected chi connectivity index (χ0v) is 14.4. The molecule has 23 heavy (non-hydrogen) atoms. The van der Waals surface area contributed by atoms with Crippen LogP contribution in [0.4, 0.5) is 11.4 Å². The van der Waals surface area contributed by atoms with Gasteiger partial charge in [0.05, 0.1) is 16.5 Å². The molecule has 0 atom stereocenters. The number of benzene rings is 2. The van der Waals surface area contributed by atoms with Crippen LogP contribution in [0.3, 0.4) is 0 Å². The maximum atomic E-state index is 10.8. The Morgan fingerprint density at radius 2 is 1.57 bits per heavy atom. The van der Waals surface area contributed by atoms with Gasteiger partial charge in [-0.25, -0.2) is 0 Å². The van der Waals surface area contributed by atoms with E-state index < -0.39 is 5.23 Å². The Kier molecular flexibility index (Phi) is 5.77. The fraction of sp³-hybridized carbons (Fsp3) is 0.111. The number of rotatable bonds is 4. The van der Waals surface area contributed by atoms with Crippen LogP contribution in [0.1, 0.15) is 22.3 Å². The van der Waals surface area contributed by atoms with Gasteiger partial charge in [0.15, 0.2) is 0 Å². The van der Waals surface area contributed by atoms with Crippen LogP contribution in [0.2, 0.25) is 0 Å². The second-order valence-electron chi connectivity index (χ2n) is 5.00. The standard InChI is InChI=1S/C18H16N2OS2/c1-12-9-16(19-11-22)7-5-14(12)3-4-15-6-8-17(10-13(15)2)20-18(21)23/h3-10H,1-2H3,(H2,20,21,23)/p-2/b4-3+. The number of hydrogen-bond acceptors (Lipinski definition) is 5. The van der Waals surface area contributed by atoms with Gasteiger partial charge in [0.25, 0.3) is 0 Å². The molecule has 0 aliphatic heterocycles. The minimum absolute atomic E-state index is 0.582. The average Bonchev–Trinajstić information content (AvgIpc) is 2.48. The number of thiocarbonyl (C=S) groups is 1. The van der Waals surface area contributed by atoms with Gasteiger partial charge in [-0.15, -0.1) is 0 Å². The molecule has 0 saturated heterocycles. The predicted octanol–water partition coefficient (Wildman–Crippen LogP) is 4.10. The van der Waals surface area contributed by atoms with Crippen LogP contribution in [0, 0.1) is 13.8 Å². The van der Waals surface area contributed by atoms with Gasteiger partial charge in [-0.05, 0) is 72.6 Å². The molecule has 0 fully saturated rings. The van der Waals surface area contributed by atoms with E-state index in [9.17, 15) is 5.11 Å². The normalized spacial score (nSPS) is 11.5. The van der Waals surface area contributed by atoms with Crippen molar-refractivity contribution in [2.45, 2.75) is 13.8 Å². The van der Waals surface area contributed by atoms with E-state index in [1.807, 2.05) is 56.3 Å². The van der Waals surface area contributed by atoms with E-state index >= 15 is 0 Å². The quantitative estimate of drug-likeness (QED) is 0.277. The topological polar surface area (TPSA) is 47.8 Å². The third kappa shape index (κ3) is 4.83. The van der Waals surface area contributed by atoms with Crippen molar-refractivity contribution >= 4 is 58.8 Å². The highest BCUT2D eigenvalue weighted by Gasteiger charge is 1.99. The van der Waals surface area contributed by atoms with E-state index in [0.29, 0.717) is 5.69 Å². The second-order valence-corrected chi connectivity index (χ2v) is 5.53. The highest BCUT2D eigenvalue weighted by atomic mass is 32.1. The molecule has 0 amide bonds. The summed E-state index contributed by atoms with van der Waals surface area (Å²) in [6.07, 6.45) is 4.07. The van der Waals surface area contributed by atoms with E-state index in [1.54, 1.807) is 6.07 Å². The number of nitrogens with zero attached hydrogens (tertiary/aromatic N) is 2. The van der Waals surface area contributed by atoms with Gasteiger partial charge in [0.1, 0.15) is 0 Å².